The molecule has 0 bridgehead atoms. The molecule has 0 radical (unpaired) electrons. The lowest BCUT2D eigenvalue weighted by atomic mass is 9.85. The molecule has 5 nitrogen and oxygen atoms in total. The predicted octanol–water partition coefficient (Wildman–Crippen LogP) is 1.69. The number of hydrogen-bond acceptors (Lipinski definition) is 4. The van der Waals surface area contributed by atoms with Crippen LogP contribution in [0.5, 0.6) is 0 Å². The maximum Gasteiger partial charge on any atom is 0.261 e. The zero-order chi connectivity index (χ0) is 15.6. The summed E-state index contributed by atoms with van der Waals surface area (Å²) in [6, 6.07) is 7.03. The Bertz CT molecular complexity index is 546. The number of hydrogen-bond donors (Lipinski definition) is 1. The van der Waals surface area contributed by atoms with Gasteiger partial charge in [0.15, 0.2) is 0 Å². The van der Waals surface area contributed by atoms with Gasteiger partial charge in [0, 0.05) is 18.5 Å². The molecule has 0 unspecified atom stereocenters. The Balaban J connectivity index is 1.67. The van der Waals surface area contributed by atoms with Crippen LogP contribution in [0.15, 0.2) is 24.3 Å². The van der Waals surface area contributed by atoms with Gasteiger partial charge in [0.1, 0.15) is 0 Å². The first-order valence-corrected chi connectivity index (χ1v) is 7.90. The fourth-order valence-corrected chi connectivity index (χ4v) is 3.01. The van der Waals surface area contributed by atoms with E-state index in [1.165, 1.54) is 4.90 Å². The molecule has 2 aliphatic heterocycles. The number of carbonyl (C=O) groups excluding carboxylic acids is 2. The van der Waals surface area contributed by atoms with Gasteiger partial charge < -0.3 is 10.1 Å². The molecular formula is C17H22N2O3. The van der Waals surface area contributed by atoms with Crippen LogP contribution in [-0.2, 0) is 4.74 Å². The third kappa shape index (κ3) is 2.66. The lowest BCUT2D eigenvalue weighted by Crippen LogP contribution is -2.57. The number of imide groups is 1. The van der Waals surface area contributed by atoms with Crippen molar-refractivity contribution >= 4 is 11.8 Å². The van der Waals surface area contributed by atoms with Crippen LogP contribution in [0, 0.1) is 5.41 Å². The second-order valence-corrected chi connectivity index (χ2v) is 6.27. The fourth-order valence-electron chi connectivity index (χ4n) is 3.01. The Morgan fingerprint density at radius 1 is 1.18 bits per heavy atom. The molecule has 22 heavy (non-hydrogen) atoms. The number of rotatable bonds is 7. The highest BCUT2D eigenvalue weighted by Gasteiger charge is 2.45. The Kier molecular flexibility index (Phi) is 4.27. The maximum atomic E-state index is 12.4. The Labute approximate surface area is 130 Å². The van der Waals surface area contributed by atoms with E-state index in [1.54, 1.807) is 24.3 Å². The van der Waals surface area contributed by atoms with Crippen LogP contribution >= 0.6 is 0 Å². The van der Waals surface area contributed by atoms with Gasteiger partial charge in [-0.25, -0.2) is 0 Å². The molecule has 0 saturated carbocycles. The Hall–Kier alpha value is -1.72. The Morgan fingerprint density at radius 2 is 1.82 bits per heavy atom. The SMILES string of the molecule is CCCCNCC1(CN2C(=O)c3ccccc3C2=O)COC1. The van der Waals surface area contributed by atoms with Crippen LogP contribution in [0.3, 0.4) is 0 Å². The number of ether oxygens (including phenoxy) is 1. The highest BCUT2D eigenvalue weighted by atomic mass is 16.5. The summed E-state index contributed by atoms with van der Waals surface area (Å²) < 4.78 is 5.36. The molecule has 1 N–H and O–H groups in total. The van der Waals surface area contributed by atoms with Crippen molar-refractivity contribution in [2.24, 2.45) is 5.41 Å². The monoisotopic (exact) mass is 302 g/mol. The molecule has 2 aliphatic rings. The second kappa shape index (κ2) is 6.18. The minimum atomic E-state index is -0.180. The number of amides is 2. The number of benzene rings is 1. The summed E-state index contributed by atoms with van der Waals surface area (Å²) in [6.45, 7) is 5.51. The van der Waals surface area contributed by atoms with Gasteiger partial charge in [-0.15, -0.1) is 0 Å². The molecule has 1 saturated heterocycles. The highest BCUT2D eigenvalue weighted by Crippen LogP contribution is 2.32. The Morgan fingerprint density at radius 3 is 2.32 bits per heavy atom. The van der Waals surface area contributed by atoms with E-state index in [4.69, 9.17) is 4.74 Å². The first-order chi connectivity index (χ1) is 10.7. The van der Waals surface area contributed by atoms with Gasteiger partial charge in [0.25, 0.3) is 11.8 Å². The maximum absolute atomic E-state index is 12.4. The minimum absolute atomic E-state index is 0.138. The van der Waals surface area contributed by atoms with Gasteiger partial charge in [-0.1, -0.05) is 25.5 Å². The van der Waals surface area contributed by atoms with Gasteiger partial charge in [-0.2, -0.15) is 0 Å². The summed E-state index contributed by atoms with van der Waals surface area (Å²) in [5, 5.41) is 3.42. The summed E-state index contributed by atoms with van der Waals surface area (Å²) >= 11 is 0. The van der Waals surface area contributed by atoms with Crippen molar-refractivity contribution in [2.45, 2.75) is 19.8 Å². The first kappa shape index (κ1) is 15.2. The molecule has 2 amide bonds. The molecule has 3 rings (SSSR count). The van der Waals surface area contributed by atoms with Gasteiger partial charge in [-0.3, -0.25) is 14.5 Å². The van der Waals surface area contributed by atoms with E-state index in [-0.39, 0.29) is 17.2 Å². The lowest BCUT2D eigenvalue weighted by Gasteiger charge is -2.43. The zero-order valence-electron chi connectivity index (χ0n) is 12.9. The van der Waals surface area contributed by atoms with E-state index in [0.29, 0.717) is 30.9 Å². The number of nitrogens with zero attached hydrogens (tertiary/aromatic N) is 1. The average Bonchev–Trinajstić information content (AvgIpc) is 2.74. The molecular weight excluding hydrogens is 280 g/mol. The third-order valence-corrected chi connectivity index (χ3v) is 4.40. The van der Waals surface area contributed by atoms with Gasteiger partial charge in [-0.05, 0) is 25.1 Å². The van der Waals surface area contributed by atoms with Crippen molar-refractivity contribution in [1.82, 2.24) is 10.2 Å². The lowest BCUT2D eigenvalue weighted by molar-refractivity contribution is -0.117. The van der Waals surface area contributed by atoms with E-state index in [1.807, 2.05) is 0 Å². The number of unbranched alkanes of at least 4 members (excludes halogenated alkanes) is 1. The normalized spacial score (nSPS) is 19.2. The molecule has 1 fully saturated rings. The molecule has 0 spiro atoms. The van der Waals surface area contributed by atoms with Crippen LogP contribution in [0.2, 0.25) is 0 Å². The van der Waals surface area contributed by atoms with Gasteiger partial charge in [0.05, 0.1) is 24.3 Å². The average molecular weight is 302 g/mol. The van der Waals surface area contributed by atoms with E-state index >= 15 is 0 Å². The van der Waals surface area contributed by atoms with Crippen LogP contribution in [0.25, 0.3) is 0 Å². The predicted molar refractivity (Wildman–Crippen MR) is 82.8 cm³/mol. The van der Waals surface area contributed by atoms with E-state index < -0.39 is 0 Å². The summed E-state index contributed by atoms with van der Waals surface area (Å²) in [5.74, 6) is -0.360. The molecule has 5 heteroatoms. The van der Waals surface area contributed by atoms with Crippen LogP contribution in [0.1, 0.15) is 40.5 Å². The minimum Gasteiger partial charge on any atom is -0.380 e. The van der Waals surface area contributed by atoms with E-state index in [0.717, 1.165) is 25.9 Å². The number of nitrogens with one attached hydrogen (secondary N) is 1. The highest BCUT2D eigenvalue weighted by molar-refractivity contribution is 6.21. The van der Waals surface area contributed by atoms with Crippen molar-refractivity contribution in [1.29, 1.82) is 0 Å². The summed E-state index contributed by atoms with van der Waals surface area (Å²) in [5.41, 5.74) is 0.893. The van der Waals surface area contributed by atoms with E-state index in [2.05, 4.69) is 12.2 Å². The molecule has 2 heterocycles. The third-order valence-electron chi connectivity index (χ3n) is 4.40. The van der Waals surface area contributed by atoms with Crippen molar-refractivity contribution in [3.05, 3.63) is 35.4 Å². The first-order valence-electron chi connectivity index (χ1n) is 7.90. The molecule has 1 aromatic rings. The number of carbonyl (C=O) groups is 2. The number of fused-ring (bicyclic) bond motifs is 1. The van der Waals surface area contributed by atoms with Crippen LogP contribution < -0.4 is 5.32 Å². The van der Waals surface area contributed by atoms with Crippen LogP contribution in [0.4, 0.5) is 0 Å². The van der Waals surface area contributed by atoms with Crippen LogP contribution in [-0.4, -0.2) is 49.6 Å². The smallest absolute Gasteiger partial charge is 0.261 e. The van der Waals surface area contributed by atoms with Crippen molar-refractivity contribution < 1.29 is 14.3 Å². The second-order valence-electron chi connectivity index (χ2n) is 6.27. The quantitative estimate of drug-likeness (QED) is 0.615. The summed E-state index contributed by atoms with van der Waals surface area (Å²) in [6.07, 6.45) is 2.28. The van der Waals surface area contributed by atoms with Gasteiger partial charge in [0.2, 0.25) is 0 Å². The van der Waals surface area contributed by atoms with E-state index in [9.17, 15) is 9.59 Å². The molecule has 0 aromatic heterocycles. The molecule has 118 valence electrons. The molecule has 1 aromatic carbocycles. The topological polar surface area (TPSA) is 58.6 Å². The largest absolute Gasteiger partial charge is 0.380 e. The van der Waals surface area contributed by atoms with Crippen molar-refractivity contribution in [2.75, 3.05) is 32.8 Å². The van der Waals surface area contributed by atoms with Crippen molar-refractivity contribution in [3.8, 4) is 0 Å². The summed E-state index contributed by atoms with van der Waals surface area (Å²) in [7, 11) is 0. The summed E-state index contributed by atoms with van der Waals surface area (Å²) in [4.78, 5) is 26.3. The molecule has 0 atom stereocenters. The van der Waals surface area contributed by atoms with Gasteiger partial charge >= 0.3 is 0 Å². The van der Waals surface area contributed by atoms with Crippen molar-refractivity contribution in [3.63, 3.8) is 0 Å². The molecule has 0 aliphatic carbocycles. The standard InChI is InChI=1S/C17H22N2O3/c1-2-3-8-18-9-17(11-22-12-17)10-19-15(20)13-6-4-5-7-14(13)16(19)21/h4-7,18H,2-3,8-12H2,1H3. The fraction of sp³-hybridized carbons (Fsp3) is 0.529. The zero-order valence-corrected chi connectivity index (χ0v) is 12.9.